The fourth-order valence-electron chi connectivity index (χ4n) is 6.15. The minimum Gasteiger partial charge on any atom is -0.491 e. The summed E-state index contributed by atoms with van der Waals surface area (Å²) in [5, 5.41) is 0. The molecule has 188 valence electrons. The number of carbonyl (C=O) groups is 1. The van der Waals surface area contributed by atoms with Crippen molar-refractivity contribution in [3.63, 3.8) is 0 Å². The first-order valence-corrected chi connectivity index (χ1v) is 13.6. The summed E-state index contributed by atoms with van der Waals surface area (Å²) in [5.41, 5.74) is 11.7. The molecule has 2 aliphatic heterocycles. The highest BCUT2D eigenvalue weighted by atomic mass is 16.5. The molecule has 2 aromatic carbocycles. The summed E-state index contributed by atoms with van der Waals surface area (Å²) in [5.74, 6) is 0.705. The predicted molar refractivity (Wildman–Crippen MR) is 139 cm³/mol. The number of amides is 1. The number of nitrogens with zero attached hydrogens (tertiary/aromatic N) is 1. The van der Waals surface area contributed by atoms with Gasteiger partial charge in [0.15, 0.2) is 0 Å². The van der Waals surface area contributed by atoms with Gasteiger partial charge in [-0.1, -0.05) is 31.0 Å². The first kappa shape index (κ1) is 24.3. The Kier molecular flexibility index (Phi) is 7.74. The van der Waals surface area contributed by atoms with Gasteiger partial charge in [0.1, 0.15) is 12.4 Å². The van der Waals surface area contributed by atoms with E-state index in [-0.39, 0.29) is 17.9 Å². The van der Waals surface area contributed by atoms with E-state index in [0.717, 1.165) is 50.0 Å². The summed E-state index contributed by atoms with van der Waals surface area (Å²) in [6.45, 7) is 6.16. The second-order valence-electron chi connectivity index (χ2n) is 10.7. The largest absolute Gasteiger partial charge is 0.491 e. The second kappa shape index (κ2) is 11.1. The van der Waals surface area contributed by atoms with Gasteiger partial charge in [-0.3, -0.25) is 9.69 Å². The molecule has 2 heterocycles. The van der Waals surface area contributed by atoms with Crippen molar-refractivity contribution in [2.75, 3.05) is 26.3 Å². The third kappa shape index (κ3) is 5.73. The molecule has 0 radical (unpaired) electrons. The zero-order chi connectivity index (χ0) is 24.2. The molecular formula is C30H40N2O3. The number of primary amides is 1. The Hall–Kier alpha value is -2.37. The van der Waals surface area contributed by atoms with Crippen LogP contribution in [0.5, 0.6) is 5.75 Å². The third-order valence-corrected chi connectivity index (χ3v) is 8.32. The van der Waals surface area contributed by atoms with Gasteiger partial charge in [-0.05, 0) is 111 Å². The van der Waals surface area contributed by atoms with Crippen LogP contribution in [0.2, 0.25) is 0 Å². The molecule has 1 amide bonds. The van der Waals surface area contributed by atoms with Crippen LogP contribution in [0.25, 0.3) is 0 Å². The number of hydrogen-bond donors (Lipinski definition) is 1. The molecule has 3 aliphatic rings. The quantitative estimate of drug-likeness (QED) is 0.569. The first-order valence-electron chi connectivity index (χ1n) is 13.6. The second-order valence-corrected chi connectivity index (χ2v) is 10.7. The SMILES string of the molecule is C[C@H](c1ccc2c(c1)CC[C@H](c1cc(OC[C@@H]3CCCO3)ccc1C(N)=O)C2)N1CCCCCC1. The zero-order valence-electron chi connectivity index (χ0n) is 21.1. The van der Waals surface area contributed by atoms with Gasteiger partial charge in [0.2, 0.25) is 5.91 Å². The lowest BCUT2D eigenvalue weighted by molar-refractivity contribution is 0.0679. The normalized spacial score (nSPS) is 23.9. The van der Waals surface area contributed by atoms with E-state index >= 15 is 0 Å². The molecule has 1 aliphatic carbocycles. The van der Waals surface area contributed by atoms with Crippen molar-refractivity contribution in [3.8, 4) is 5.75 Å². The predicted octanol–water partition coefficient (Wildman–Crippen LogP) is 5.55. The number of hydrogen-bond acceptors (Lipinski definition) is 4. The summed E-state index contributed by atoms with van der Waals surface area (Å²) in [6.07, 6.45) is 10.6. The van der Waals surface area contributed by atoms with Crippen LogP contribution in [-0.4, -0.2) is 43.2 Å². The Morgan fingerprint density at radius 1 is 1.06 bits per heavy atom. The number of nitrogens with two attached hydrogens (primary N) is 1. The van der Waals surface area contributed by atoms with Crippen LogP contribution in [-0.2, 0) is 17.6 Å². The minimum atomic E-state index is -0.363. The van der Waals surface area contributed by atoms with Crippen LogP contribution >= 0.6 is 0 Å². The number of aryl methyl sites for hydroxylation is 1. The molecule has 5 rings (SSSR count). The molecule has 0 aromatic heterocycles. The number of carbonyl (C=O) groups excluding carboxylic acids is 1. The summed E-state index contributed by atoms with van der Waals surface area (Å²) < 4.78 is 11.7. The third-order valence-electron chi connectivity index (χ3n) is 8.32. The van der Waals surface area contributed by atoms with E-state index in [9.17, 15) is 4.79 Å². The maximum atomic E-state index is 12.2. The molecule has 5 nitrogen and oxygen atoms in total. The van der Waals surface area contributed by atoms with E-state index in [4.69, 9.17) is 15.2 Å². The first-order chi connectivity index (χ1) is 17.1. The standard InChI is InChI=1S/C30H40N2O3/c1-21(32-14-4-2-3-5-15-32)22-8-9-24-18-25(11-10-23(24)17-22)29-19-26(12-13-28(29)30(31)33)35-20-27-7-6-16-34-27/h8-9,12-13,17,19,21,25,27H,2-7,10-11,14-16,18,20H2,1H3,(H2,31,33)/t21-,25+,27+/m1/s1. The molecule has 5 heteroatoms. The number of likely N-dealkylation sites (tertiary alicyclic amines) is 1. The molecule has 3 atom stereocenters. The Morgan fingerprint density at radius 3 is 2.63 bits per heavy atom. The van der Waals surface area contributed by atoms with Crippen LogP contribution in [0.15, 0.2) is 36.4 Å². The lowest BCUT2D eigenvalue weighted by atomic mass is 9.78. The monoisotopic (exact) mass is 476 g/mol. The molecule has 2 saturated heterocycles. The molecule has 35 heavy (non-hydrogen) atoms. The Bertz CT molecular complexity index is 1020. The molecule has 2 fully saturated rings. The molecule has 2 N–H and O–H groups in total. The Morgan fingerprint density at radius 2 is 1.89 bits per heavy atom. The average Bonchev–Trinajstić information content (AvgIpc) is 3.26. The van der Waals surface area contributed by atoms with Gasteiger partial charge in [-0.15, -0.1) is 0 Å². The average molecular weight is 477 g/mol. The van der Waals surface area contributed by atoms with Crippen LogP contribution in [0.4, 0.5) is 0 Å². The van der Waals surface area contributed by atoms with Crippen molar-refractivity contribution in [1.29, 1.82) is 0 Å². The van der Waals surface area contributed by atoms with Gasteiger partial charge in [0.05, 0.1) is 6.10 Å². The summed E-state index contributed by atoms with van der Waals surface area (Å²) in [7, 11) is 0. The lowest BCUT2D eigenvalue weighted by Gasteiger charge is -2.31. The molecule has 2 aromatic rings. The van der Waals surface area contributed by atoms with Gasteiger partial charge >= 0.3 is 0 Å². The Balaban J connectivity index is 1.31. The fourth-order valence-corrected chi connectivity index (χ4v) is 6.15. The van der Waals surface area contributed by atoms with Crippen molar-refractivity contribution in [2.24, 2.45) is 5.73 Å². The summed E-state index contributed by atoms with van der Waals surface area (Å²) in [6, 6.07) is 13.3. The van der Waals surface area contributed by atoms with E-state index in [1.807, 2.05) is 18.2 Å². The zero-order valence-corrected chi connectivity index (χ0v) is 21.1. The maximum absolute atomic E-state index is 12.2. The van der Waals surface area contributed by atoms with E-state index < -0.39 is 0 Å². The van der Waals surface area contributed by atoms with Crippen LogP contribution in [0, 0.1) is 0 Å². The highest BCUT2D eigenvalue weighted by Crippen LogP contribution is 2.37. The van der Waals surface area contributed by atoms with E-state index in [1.165, 1.54) is 55.5 Å². The van der Waals surface area contributed by atoms with Gasteiger partial charge in [-0.2, -0.15) is 0 Å². The van der Waals surface area contributed by atoms with Crippen LogP contribution < -0.4 is 10.5 Å². The molecular weight excluding hydrogens is 436 g/mol. The van der Waals surface area contributed by atoms with Crippen LogP contribution in [0.3, 0.4) is 0 Å². The van der Waals surface area contributed by atoms with Gasteiger partial charge in [0, 0.05) is 18.2 Å². The molecule has 0 unspecified atom stereocenters. The summed E-state index contributed by atoms with van der Waals surface area (Å²) in [4.78, 5) is 14.9. The highest BCUT2D eigenvalue weighted by Gasteiger charge is 2.26. The number of ether oxygens (including phenoxy) is 2. The lowest BCUT2D eigenvalue weighted by Crippen LogP contribution is -2.28. The maximum Gasteiger partial charge on any atom is 0.248 e. The van der Waals surface area contributed by atoms with Crippen molar-refractivity contribution < 1.29 is 14.3 Å². The van der Waals surface area contributed by atoms with Crippen LogP contribution in [0.1, 0.15) is 96.4 Å². The molecule has 0 spiro atoms. The molecule has 0 bridgehead atoms. The van der Waals surface area contributed by atoms with E-state index in [2.05, 4.69) is 30.0 Å². The van der Waals surface area contributed by atoms with Crippen molar-refractivity contribution in [2.45, 2.75) is 82.8 Å². The number of fused-ring (bicyclic) bond motifs is 1. The highest BCUT2D eigenvalue weighted by molar-refractivity contribution is 5.94. The van der Waals surface area contributed by atoms with Gasteiger partial charge < -0.3 is 15.2 Å². The van der Waals surface area contributed by atoms with Crippen molar-refractivity contribution in [3.05, 3.63) is 64.2 Å². The topological polar surface area (TPSA) is 64.8 Å². The smallest absolute Gasteiger partial charge is 0.248 e. The van der Waals surface area contributed by atoms with E-state index in [0.29, 0.717) is 18.2 Å². The number of rotatable bonds is 7. The fraction of sp³-hybridized carbons (Fsp3) is 0.567. The van der Waals surface area contributed by atoms with Gasteiger partial charge in [0.25, 0.3) is 0 Å². The van der Waals surface area contributed by atoms with Crippen molar-refractivity contribution in [1.82, 2.24) is 4.90 Å². The summed E-state index contributed by atoms with van der Waals surface area (Å²) >= 11 is 0. The van der Waals surface area contributed by atoms with E-state index in [1.54, 1.807) is 0 Å². The Labute approximate surface area is 210 Å². The van der Waals surface area contributed by atoms with Gasteiger partial charge in [-0.25, -0.2) is 0 Å². The minimum absolute atomic E-state index is 0.168. The number of benzene rings is 2. The molecule has 0 saturated carbocycles. The van der Waals surface area contributed by atoms with Crippen molar-refractivity contribution >= 4 is 5.91 Å².